The van der Waals surface area contributed by atoms with Crippen LogP contribution in [0.1, 0.15) is 0 Å². The van der Waals surface area contributed by atoms with Crippen molar-refractivity contribution < 1.29 is 30.4 Å². The maximum absolute atomic E-state index is 13.7. The number of hydrogen-bond donors (Lipinski definition) is 1. The van der Waals surface area contributed by atoms with Crippen LogP contribution in [0.5, 0.6) is 0 Å². The molecule has 3 rings (SSSR count). The smallest absolute Gasteiger partial charge is 0.264 e. The van der Waals surface area contributed by atoms with E-state index >= 15 is 0 Å². The van der Waals surface area contributed by atoms with Gasteiger partial charge in [0.1, 0.15) is 16.5 Å². The Kier molecular flexibility index (Phi) is 5.47. The van der Waals surface area contributed by atoms with Crippen molar-refractivity contribution in [2.24, 2.45) is 0 Å². The lowest BCUT2D eigenvalue weighted by Crippen LogP contribution is -2.40. The molecule has 0 radical (unpaired) electrons. The number of nitrogens with zero attached hydrogens (tertiary/aromatic N) is 1. The molecule has 1 saturated heterocycles. The Hall–Kier alpha value is -2.08. The number of rotatable bonds is 5. The van der Waals surface area contributed by atoms with Crippen molar-refractivity contribution >= 4 is 25.7 Å². The number of ether oxygens (including phenoxy) is 1. The first kappa shape index (κ1) is 19.7. The van der Waals surface area contributed by atoms with E-state index in [0.717, 1.165) is 6.07 Å². The third kappa shape index (κ3) is 4.26. The van der Waals surface area contributed by atoms with E-state index in [1.54, 1.807) is 0 Å². The van der Waals surface area contributed by atoms with Crippen LogP contribution in [0.3, 0.4) is 0 Å². The number of halogens is 2. The number of nitrogens with one attached hydrogen (secondary N) is 1. The van der Waals surface area contributed by atoms with Crippen LogP contribution < -0.4 is 4.72 Å². The molecule has 1 N–H and O–H groups in total. The summed E-state index contributed by atoms with van der Waals surface area (Å²) in [6.07, 6.45) is 0. The standard InChI is InChI=1S/C16H16F2N2O5S2/c17-12-1-6-15(18)16(11-12)26(21,22)19-13-2-4-14(5-3-13)27(23,24)20-7-9-25-10-8-20/h1-6,11,19H,7-10H2. The normalized spacial score (nSPS) is 16.2. The summed E-state index contributed by atoms with van der Waals surface area (Å²) in [6.45, 7) is 1.07. The third-order valence-corrected chi connectivity index (χ3v) is 7.21. The Morgan fingerprint density at radius 2 is 1.56 bits per heavy atom. The van der Waals surface area contributed by atoms with Crippen molar-refractivity contribution in [2.75, 3.05) is 31.0 Å². The van der Waals surface area contributed by atoms with Crippen molar-refractivity contribution in [3.05, 3.63) is 54.1 Å². The van der Waals surface area contributed by atoms with Gasteiger partial charge >= 0.3 is 0 Å². The molecule has 1 heterocycles. The lowest BCUT2D eigenvalue weighted by molar-refractivity contribution is 0.0730. The number of hydrogen-bond acceptors (Lipinski definition) is 5. The summed E-state index contributed by atoms with van der Waals surface area (Å²) < 4.78 is 85.0. The highest BCUT2D eigenvalue weighted by atomic mass is 32.2. The van der Waals surface area contributed by atoms with Gasteiger partial charge in [0.15, 0.2) is 0 Å². The molecule has 0 saturated carbocycles. The molecule has 0 aliphatic carbocycles. The van der Waals surface area contributed by atoms with Crippen molar-refractivity contribution in [2.45, 2.75) is 9.79 Å². The van der Waals surface area contributed by atoms with E-state index in [9.17, 15) is 25.6 Å². The van der Waals surface area contributed by atoms with Crippen molar-refractivity contribution in [1.82, 2.24) is 4.31 Å². The summed E-state index contributed by atoms with van der Waals surface area (Å²) in [4.78, 5) is -0.850. The molecule has 146 valence electrons. The average Bonchev–Trinajstić information content (AvgIpc) is 2.64. The molecule has 11 heteroatoms. The molecule has 1 fully saturated rings. The van der Waals surface area contributed by atoms with Gasteiger partial charge < -0.3 is 4.74 Å². The molecule has 0 aromatic heterocycles. The van der Waals surface area contributed by atoms with Gasteiger partial charge in [0.25, 0.3) is 10.0 Å². The van der Waals surface area contributed by atoms with Crippen LogP contribution in [0.2, 0.25) is 0 Å². The number of benzene rings is 2. The molecule has 2 aromatic carbocycles. The first-order valence-electron chi connectivity index (χ1n) is 7.86. The first-order chi connectivity index (χ1) is 12.7. The Bertz CT molecular complexity index is 1030. The summed E-state index contributed by atoms with van der Waals surface area (Å²) in [7, 11) is -8.10. The Labute approximate surface area is 155 Å². The zero-order chi connectivity index (χ0) is 19.7. The fourth-order valence-corrected chi connectivity index (χ4v) is 5.08. The summed E-state index contributed by atoms with van der Waals surface area (Å²) in [5.74, 6) is -2.00. The van der Waals surface area contributed by atoms with Crippen LogP contribution in [0.25, 0.3) is 0 Å². The molecule has 27 heavy (non-hydrogen) atoms. The van der Waals surface area contributed by atoms with Gasteiger partial charge in [-0.2, -0.15) is 4.31 Å². The monoisotopic (exact) mass is 418 g/mol. The van der Waals surface area contributed by atoms with E-state index in [0.29, 0.717) is 25.3 Å². The molecule has 0 bridgehead atoms. The van der Waals surface area contributed by atoms with Crippen LogP contribution in [-0.2, 0) is 24.8 Å². The Morgan fingerprint density at radius 1 is 0.926 bits per heavy atom. The second-order valence-corrected chi connectivity index (χ2v) is 9.31. The van der Waals surface area contributed by atoms with E-state index in [4.69, 9.17) is 4.74 Å². The maximum Gasteiger partial charge on any atom is 0.264 e. The zero-order valence-corrected chi connectivity index (χ0v) is 15.6. The van der Waals surface area contributed by atoms with Crippen molar-refractivity contribution in [3.8, 4) is 0 Å². The van der Waals surface area contributed by atoms with Crippen LogP contribution in [0.15, 0.2) is 52.3 Å². The van der Waals surface area contributed by atoms with Gasteiger partial charge in [0, 0.05) is 18.8 Å². The quantitative estimate of drug-likeness (QED) is 0.799. The van der Waals surface area contributed by atoms with Gasteiger partial charge in [-0.3, -0.25) is 4.72 Å². The third-order valence-electron chi connectivity index (χ3n) is 3.90. The van der Waals surface area contributed by atoms with Gasteiger partial charge in [-0.25, -0.2) is 25.6 Å². The van der Waals surface area contributed by atoms with E-state index in [-0.39, 0.29) is 23.7 Å². The fourth-order valence-electron chi connectivity index (χ4n) is 2.52. The minimum absolute atomic E-state index is 0.00992. The van der Waals surface area contributed by atoms with Crippen molar-refractivity contribution in [3.63, 3.8) is 0 Å². The van der Waals surface area contributed by atoms with Gasteiger partial charge in [-0.15, -0.1) is 0 Å². The SMILES string of the molecule is O=S(=O)(Nc1ccc(S(=O)(=O)N2CCOCC2)cc1)c1cc(F)ccc1F. The minimum atomic E-state index is -4.38. The van der Waals surface area contributed by atoms with E-state index in [1.165, 1.54) is 28.6 Å². The topological polar surface area (TPSA) is 92.8 Å². The molecule has 0 atom stereocenters. The lowest BCUT2D eigenvalue weighted by Gasteiger charge is -2.26. The van der Waals surface area contributed by atoms with Crippen LogP contribution >= 0.6 is 0 Å². The predicted octanol–water partition coefficient (Wildman–Crippen LogP) is 1.79. The molecule has 7 nitrogen and oxygen atoms in total. The van der Waals surface area contributed by atoms with Gasteiger partial charge in [0.05, 0.1) is 18.1 Å². The molecule has 1 aliphatic heterocycles. The van der Waals surface area contributed by atoms with Gasteiger partial charge in [-0.05, 0) is 42.5 Å². The molecule has 0 amide bonds. The van der Waals surface area contributed by atoms with E-state index in [2.05, 4.69) is 4.72 Å². The lowest BCUT2D eigenvalue weighted by atomic mass is 10.3. The largest absolute Gasteiger partial charge is 0.379 e. The van der Waals surface area contributed by atoms with Gasteiger partial charge in [-0.1, -0.05) is 0 Å². The predicted molar refractivity (Wildman–Crippen MR) is 93.2 cm³/mol. The molecule has 1 aliphatic rings. The second kappa shape index (κ2) is 7.50. The van der Waals surface area contributed by atoms with Gasteiger partial charge in [0.2, 0.25) is 10.0 Å². The molecule has 2 aromatic rings. The molecule has 0 unspecified atom stereocenters. The maximum atomic E-state index is 13.7. The first-order valence-corrected chi connectivity index (χ1v) is 10.8. The van der Waals surface area contributed by atoms with Crippen LogP contribution in [-0.4, -0.2) is 47.4 Å². The minimum Gasteiger partial charge on any atom is -0.379 e. The number of sulfonamides is 2. The summed E-state index contributed by atoms with van der Waals surface area (Å²) in [5.41, 5.74) is 0.0135. The second-order valence-electron chi connectivity index (χ2n) is 5.72. The average molecular weight is 418 g/mol. The highest BCUT2D eigenvalue weighted by Gasteiger charge is 2.26. The zero-order valence-electron chi connectivity index (χ0n) is 13.9. The van der Waals surface area contributed by atoms with E-state index < -0.39 is 36.6 Å². The fraction of sp³-hybridized carbons (Fsp3) is 0.250. The number of anilines is 1. The molecular weight excluding hydrogens is 402 g/mol. The van der Waals surface area contributed by atoms with Crippen molar-refractivity contribution in [1.29, 1.82) is 0 Å². The Balaban J connectivity index is 1.82. The van der Waals surface area contributed by atoms with E-state index in [1.807, 2.05) is 0 Å². The van der Waals surface area contributed by atoms with Crippen LogP contribution in [0.4, 0.5) is 14.5 Å². The summed E-state index contributed by atoms with van der Waals surface area (Å²) in [5, 5.41) is 0. The molecular formula is C16H16F2N2O5S2. The molecule has 0 spiro atoms. The summed E-state index contributed by atoms with van der Waals surface area (Å²) >= 11 is 0. The van der Waals surface area contributed by atoms with Crippen LogP contribution in [0, 0.1) is 11.6 Å². The summed E-state index contributed by atoms with van der Waals surface area (Å²) in [6, 6.07) is 7.04. The highest BCUT2D eigenvalue weighted by Crippen LogP contribution is 2.23. The Morgan fingerprint density at radius 3 is 2.19 bits per heavy atom. The number of morpholine rings is 1. The highest BCUT2D eigenvalue weighted by molar-refractivity contribution is 7.92.